The normalized spacial score (nSPS) is 11.5. The number of ether oxygens (including phenoxy) is 2. The monoisotopic (exact) mass is 461 g/mol. The molecule has 0 radical (unpaired) electrons. The van der Waals surface area contributed by atoms with E-state index in [0.717, 1.165) is 33.4 Å². The minimum absolute atomic E-state index is 0.250. The largest absolute Gasteiger partial charge is 0.497 e. The van der Waals surface area contributed by atoms with Gasteiger partial charge in [-0.3, -0.25) is 4.79 Å². The van der Waals surface area contributed by atoms with E-state index in [4.69, 9.17) is 25.5 Å². The summed E-state index contributed by atoms with van der Waals surface area (Å²) >= 11 is 6.01. The average Bonchev–Trinajstić information content (AvgIpc) is 3.21. The van der Waals surface area contributed by atoms with E-state index in [1.807, 2.05) is 50.2 Å². The summed E-state index contributed by atoms with van der Waals surface area (Å²) in [7, 11) is 1.64. The highest BCUT2D eigenvalue weighted by molar-refractivity contribution is 6.31. The fraction of sp³-hybridized carbons (Fsp3) is 0.148. The molecule has 0 saturated heterocycles. The van der Waals surface area contributed by atoms with Gasteiger partial charge in [-0.2, -0.15) is 0 Å². The lowest BCUT2D eigenvalue weighted by Gasteiger charge is -2.12. The number of hydrogen-bond acceptors (Lipinski definition) is 4. The molecule has 0 aliphatic carbocycles. The van der Waals surface area contributed by atoms with Crippen LogP contribution in [0, 0.1) is 0 Å². The number of amides is 1. The fourth-order valence-corrected chi connectivity index (χ4v) is 3.84. The lowest BCUT2D eigenvalue weighted by molar-refractivity contribution is -0.111. The van der Waals surface area contributed by atoms with E-state index >= 15 is 0 Å². The van der Waals surface area contributed by atoms with E-state index in [2.05, 4.69) is 5.32 Å². The van der Waals surface area contributed by atoms with Crippen molar-refractivity contribution < 1.29 is 18.7 Å². The Morgan fingerprint density at radius 1 is 1.12 bits per heavy atom. The smallest absolute Gasteiger partial charge is 0.248 e. The molecular formula is C27H24ClNO4. The lowest BCUT2D eigenvalue weighted by atomic mass is 9.99. The van der Waals surface area contributed by atoms with E-state index in [1.54, 1.807) is 43.7 Å². The van der Waals surface area contributed by atoms with Crippen molar-refractivity contribution in [3.63, 3.8) is 0 Å². The maximum Gasteiger partial charge on any atom is 0.248 e. The number of nitrogens with one attached hydrogen (secondary N) is 1. The third-order valence-electron chi connectivity index (χ3n) is 5.24. The zero-order chi connectivity index (χ0) is 23.4. The summed E-state index contributed by atoms with van der Waals surface area (Å²) in [4.78, 5) is 12.6. The van der Waals surface area contributed by atoms with E-state index in [0.29, 0.717) is 28.6 Å². The van der Waals surface area contributed by atoms with Crippen molar-refractivity contribution in [2.75, 3.05) is 19.0 Å². The third-order valence-corrected chi connectivity index (χ3v) is 5.48. The highest BCUT2D eigenvalue weighted by Gasteiger charge is 2.15. The molecule has 0 saturated carbocycles. The Morgan fingerprint density at radius 2 is 1.91 bits per heavy atom. The van der Waals surface area contributed by atoms with Gasteiger partial charge in [-0.1, -0.05) is 29.8 Å². The molecule has 0 fully saturated rings. The van der Waals surface area contributed by atoms with Crippen LogP contribution in [0.4, 0.5) is 5.69 Å². The van der Waals surface area contributed by atoms with E-state index in [1.165, 1.54) is 0 Å². The number of anilines is 1. The summed E-state index contributed by atoms with van der Waals surface area (Å²) in [6.45, 7) is 4.30. The molecule has 1 heterocycles. The molecule has 0 spiro atoms. The minimum Gasteiger partial charge on any atom is -0.497 e. The molecule has 0 aliphatic rings. The molecule has 0 atom stereocenters. The molecule has 0 unspecified atom stereocenters. The maximum absolute atomic E-state index is 12.6. The first-order chi connectivity index (χ1) is 16.0. The van der Waals surface area contributed by atoms with Gasteiger partial charge in [-0.25, -0.2) is 0 Å². The standard InChI is InChI=1S/C27H24ClNO4/c1-4-32-25-15-26-23(24(16-33-26)18-8-10-21(31-3)11-9-18)14-22(25)17(2)12-27(30)29-20-7-5-6-19(28)13-20/h5-16H,4H2,1-3H3,(H,29,30)/b17-12+. The van der Waals surface area contributed by atoms with Gasteiger partial charge in [0.1, 0.15) is 17.1 Å². The van der Waals surface area contributed by atoms with Crippen LogP contribution in [0.5, 0.6) is 11.5 Å². The molecule has 168 valence electrons. The van der Waals surface area contributed by atoms with Gasteiger partial charge in [-0.05, 0) is 61.4 Å². The van der Waals surface area contributed by atoms with Crippen molar-refractivity contribution in [1.82, 2.24) is 0 Å². The Morgan fingerprint density at radius 3 is 2.61 bits per heavy atom. The molecule has 0 bridgehead atoms. The summed E-state index contributed by atoms with van der Waals surface area (Å²) in [6.07, 6.45) is 3.29. The first-order valence-corrected chi connectivity index (χ1v) is 10.9. The summed E-state index contributed by atoms with van der Waals surface area (Å²) in [6, 6.07) is 18.7. The summed E-state index contributed by atoms with van der Waals surface area (Å²) < 4.78 is 17.0. The number of carbonyl (C=O) groups excluding carboxylic acids is 1. The quantitative estimate of drug-likeness (QED) is 0.295. The Kier molecular flexibility index (Phi) is 6.71. The van der Waals surface area contributed by atoms with Crippen molar-refractivity contribution in [3.05, 3.63) is 83.6 Å². The molecule has 3 aromatic carbocycles. The number of methoxy groups -OCH3 is 1. The Hall–Kier alpha value is -3.70. The molecule has 0 aliphatic heterocycles. The van der Waals surface area contributed by atoms with Crippen molar-refractivity contribution in [1.29, 1.82) is 0 Å². The van der Waals surface area contributed by atoms with Crippen LogP contribution in [-0.4, -0.2) is 19.6 Å². The van der Waals surface area contributed by atoms with Crippen LogP contribution in [0.2, 0.25) is 5.02 Å². The van der Waals surface area contributed by atoms with Crippen LogP contribution in [-0.2, 0) is 4.79 Å². The predicted molar refractivity (Wildman–Crippen MR) is 133 cm³/mol. The van der Waals surface area contributed by atoms with Gasteiger partial charge in [0, 0.05) is 39.4 Å². The predicted octanol–water partition coefficient (Wildman–Crippen LogP) is 7.20. The van der Waals surface area contributed by atoms with Crippen molar-refractivity contribution in [3.8, 4) is 22.6 Å². The van der Waals surface area contributed by atoms with Crippen LogP contribution < -0.4 is 14.8 Å². The van der Waals surface area contributed by atoms with Gasteiger partial charge in [0.2, 0.25) is 5.91 Å². The number of fused-ring (bicyclic) bond motifs is 1. The number of benzene rings is 3. The summed E-state index contributed by atoms with van der Waals surface area (Å²) in [5.74, 6) is 1.19. The number of carbonyl (C=O) groups is 1. The number of hydrogen-bond donors (Lipinski definition) is 1. The van der Waals surface area contributed by atoms with Crippen LogP contribution >= 0.6 is 11.6 Å². The first-order valence-electron chi connectivity index (χ1n) is 10.6. The zero-order valence-electron chi connectivity index (χ0n) is 18.6. The van der Waals surface area contributed by atoms with Gasteiger partial charge < -0.3 is 19.2 Å². The molecule has 4 aromatic rings. The second-order valence-electron chi connectivity index (χ2n) is 7.48. The topological polar surface area (TPSA) is 60.7 Å². The first kappa shape index (κ1) is 22.5. The highest BCUT2D eigenvalue weighted by atomic mass is 35.5. The minimum atomic E-state index is -0.250. The van der Waals surface area contributed by atoms with Gasteiger partial charge in [0.15, 0.2) is 0 Å². The van der Waals surface area contributed by atoms with Crippen LogP contribution in [0.25, 0.3) is 27.7 Å². The Labute approximate surface area is 197 Å². The highest BCUT2D eigenvalue weighted by Crippen LogP contribution is 2.38. The molecule has 4 rings (SSSR count). The van der Waals surface area contributed by atoms with Crippen molar-refractivity contribution >= 4 is 39.7 Å². The summed E-state index contributed by atoms with van der Waals surface area (Å²) in [5, 5.41) is 4.34. The second kappa shape index (κ2) is 9.84. The van der Waals surface area contributed by atoms with E-state index in [9.17, 15) is 4.79 Å². The van der Waals surface area contributed by atoms with Gasteiger partial charge >= 0.3 is 0 Å². The average molecular weight is 462 g/mol. The number of allylic oxidation sites excluding steroid dienone is 1. The number of rotatable bonds is 7. The SMILES string of the molecule is CCOc1cc2occ(-c3ccc(OC)cc3)c2cc1/C(C)=C/C(=O)Nc1cccc(Cl)c1. The number of furan rings is 1. The van der Waals surface area contributed by atoms with Gasteiger partial charge in [-0.15, -0.1) is 0 Å². The molecule has 1 aromatic heterocycles. The fourth-order valence-electron chi connectivity index (χ4n) is 3.65. The Balaban J connectivity index is 1.71. The van der Waals surface area contributed by atoms with Crippen molar-refractivity contribution in [2.24, 2.45) is 0 Å². The molecular weight excluding hydrogens is 438 g/mol. The molecule has 33 heavy (non-hydrogen) atoms. The lowest BCUT2D eigenvalue weighted by Crippen LogP contribution is -2.08. The van der Waals surface area contributed by atoms with Crippen LogP contribution in [0.15, 0.2) is 77.4 Å². The Bertz CT molecular complexity index is 1320. The van der Waals surface area contributed by atoms with Gasteiger partial charge in [0.25, 0.3) is 0 Å². The van der Waals surface area contributed by atoms with Gasteiger partial charge in [0.05, 0.1) is 20.0 Å². The maximum atomic E-state index is 12.6. The molecule has 6 heteroatoms. The number of halogens is 1. The van der Waals surface area contributed by atoms with Crippen LogP contribution in [0.1, 0.15) is 19.4 Å². The molecule has 5 nitrogen and oxygen atoms in total. The van der Waals surface area contributed by atoms with E-state index < -0.39 is 0 Å². The molecule has 1 amide bonds. The third kappa shape index (κ3) is 5.04. The van der Waals surface area contributed by atoms with Crippen LogP contribution in [0.3, 0.4) is 0 Å². The molecule has 1 N–H and O–H groups in total. The summed E-state index contributed by atoms with van der Waals surface area (Å²) in [5.41, 5.74) is 4.89. The zero-order valence-corrected chi connectivity index (χ0v) is 19.4. The van der Waals surface area contributed by atoms with Crippen molar-refractivity contribution in [2.45, 2.75) is 13.8 Å². The second-order valence-corrected chi connectivity index (χ2v) is 7.92. The van der Waals surface area contributed by atoms with E-state index in [-0.39, 0.29) is 5.91 Å².